The molecule has 0 saturated heterocycles. The molecule has 7 heteroatoms. The van der Waals surface area contributed by atoms with Crippen LogP contribution in [0.25, 0.3) is 0 Å². The van der Waals surface area contributed by atoms with Gasteiger partial charge in [0.25, 0.3) is 0 Å². The molecule has 0 aliphatic carbocycles. The highest BCUT2D eigenvalue weighted by Gasteiger charge is 2.36. The molecule has 1 aromatic rings. The van der Waals surface area contributed by atoms with E-state index >= 15 is 0 Å². The number of benzene rings is 1. The zero-order valence-electron chi connectivity index (χ0n) is 16.5. The Morgan fingerprint density at radius 1 is 1.43 bits per heavy atom. The molecule has 0 bridgehead atoms. The lowest BCUT2D eigenvalue weighted by Gasteiger charge is -2.27. The summed E-state index contributed by atoms with van der Waals surface area (Å²) in [7, 11) is 0. The Hall–Kier alpha value is -2.65. The van der Waals surface area contributed by atoms with E-state index in [-0.39, 0.29) is 23.6 Å². The van der Waals surface area contributed by atoms with Crippen LogP contribution in [0.3, 0.4) is 0 Å². The Balaban J connectivity index is 2.42. The zero-order chi connectivity index (χ0) is 20.8. The first kappa shape index (κ1) is 21.6. The van der Waals surface area contributed by atoms with E-state index < -0.39 is 11.9 Å². The minimum atomic E-state index is -0.722. The van der Waals surface area contributed by atoms with E-state index in [1.807, 2.05) is 6.07 Å². The summed E-state index contributed by atoms with van der Waals surface area (Å²) in [5, 5.41) is 9.99. The maximum Gasteiger partial charge on any atom is 0.338 e. The minimum Gasteiger partial charge on any atom is -0.492 e. The van der Waals surface area contributed by atoms with Crippen molar-refractivity contribution < 1.29 is 19.0 Å². The van der Waals surface area contributed by atoms with Gasteiger partial charge in [-0.15, -0.1) is 0 Å². The number of carbonyl (C=O) groups excluding carboxylic acids is 1. The van der Waals surface area contributed by atoms with Gasteiger partial charge in [-0.05, 0) is 43.9 Å². The Bertz CT molecular complexity index is 852. The van der Waals surface area contributed by atoms with Gasteiger partial charge in [-0.3, -0.25) is 0 Å². The minimum absolute atomic E-state index is 0.0357. The number of nitrogens with zero attached hydrogens (tertiary/aromatic N) is 1. The van der Waals surface area contributed by atoms with Gasteiger partial charge in [-0.1, -0.05) is 31.5 Å². The monoisotopic (exact) mass is 404 g/mol. The molecule has 6 nitrogen and oxygen atoms in total. The number of allylic oxidation sites excluding steroid dienone is 2. The first-order chi connectivity index (χ1) is 13.3. The van der Waals surface area contributed by atoms with Gasteiger partial charge in [0.2, 0.25) is 5.88 Å². The molecule has 1 aromatic carbocycles. The summed E-state index contributed by atoms with van der Waals surface area (Å²) in [5.74, 6) is 0.0530. The number of hydrogen-bond acceptors (Lipinski definition) is 6. The van der Waals surface area contributed by atoms with E-state index in [1.165, 1.54) is 0 Å². The van der Waals surface area contributed by atoms with Crippen molar-refractivity contribution in [3.63, 3.8) is 0 Å². The summed E-state index contributed by atoms with van der Waals surface area (Å²) in [4.78, 5) is 12.5. The highest BCUT2D eigenvalue weighted by Crippen LogP contribution is 2.41. The van der Waals surface area contributed by atoms with Gasteiger partial charge in [-0.2, -0.15) is 5.26 Å². The average molecular weight is 405 g/mol. The Morgan fingerprint density at radius 3 is 2.71 bits per heavy atom. The van der Waals surface area contributed by atoms with Crippen LogP contribution in [-0.2, 0) is 14.3 Å². The van der Waals surface area contributed by atoms with Crippen molar-refractivity contribution in [1.29, 1.82) is 5.26 Å². The maximum absolute atomic E-state index is 12.5. The van der Waals surface area contributed by atoms with Crippen LogP contribution in [-0.4, -0.2) is 19.2 Å². The third-order valence-electron chi connectivity index (χ3n) is 4.34. The second kappa shape index (κ2) is 9.52. The molecule has 0 amide bonds. The van der Waals surface area contributed by atoms with E-state index in [0.29, 0.717) is 34.6 Å². The highest BCUT2D eigenvalue weighted by molar-refractivity contribution is 6.32. The molecule has 2 N–H and O–H groups in total. The van der Waals surface area contributed by atoms with Gasteiger partial charge in [-0.25, -0.2) is 4.79 Å². The number of hydrogen-bond donors (Lipinski definition) is 1. The van der Waals surface area contributed by atoms with Crippen LogP contribution < -0.4 is 10.5 Å². The first-order valence-corrected chi connectivity index (χ1v) is 9.55. The van der Waals surface area contributed by atoms with Gasteiger partial charge in [0.15, 0.2) is 0 Å². The lowest BCUT2D eigenvalue weighted by molar-refractivity contribution is -0.139. The number of esters is 1. The normalized spacial score (nSPS) is 16.7. The molecule has 1 aliphatic heterocycles. The van der Waals surface area contributed by atoms with Gasteiger partial charge in [0, 0.05) is 0 Å². The summed E-state index contributed by atoms with van der Waals surface area (Å²) in [6, 6.07) is 7.22. The number of nitriles is 1. The van der Waals surface area contributed by atoms with Crippen molar-refractivity contribution in [3.05, 3.63) is 51.6 Å². The maximum atomic E-state index is 12.5. The molecular formula is C21H25ClN2O4. The number of ether oxygens (including phenoxy) is 3. The van der Waals surface area contributed by atoms with Crippen molar-refractivity contribution in [2.45, 2.75) is 40.0 Å². The fraction of sp³-hybridized carbons (Fsp3) is 0.429. The standard InChI is InChI=1S/C21H25ClN2O4/c1-5-26-21(25)18-13(4)28-20(24)15(11-23)19(18)14-6-7-17(16(22)10-14)27-9-8-12(2)3/h6-7,10,12,19H,5,8-9,24H2,1-4H3. The van der Waals surface area contributed by atoms with Crippen LogP contribution in [0, 0.1) is 17.2 Å². The number of nitrogens with two attached hydrogens (primary N) is 1. The Labute approximate surface area is 170 Å². The first-order valence-electron chi connectivity index (χ1n) is 9.17. The Kier molecular flexibility index (Phi) is 7.36. The molecule has 1 atom stereocenters. The fourth-order valence-electron chi connectivity index (χ4n) is 2.91. The molecule has 1 unspecified atom stereocenters. The molecule has 0 saturated carbocycles. The van der Waals surface area contributed by atoms with Gasteiger partial charge in [0.1, 0.15) is 23.2 Å². The second-order valence-corrected chi connectivity index (χ2v) is 7.24. The molecule has 1 heterocycles. The lowest BCUT2D eigenvalue weighted by Crippen LogP contribution is -2.25. The molecule has 0 spiro atoms. The van der Waals surface area contributed by atoms with Crippen LogP contribution in [0.4, 0.5) is 0 Å². The van der Waals surface area contributed by atoms with Gasteiger partial charge in [0.05, 0.1) is 29.7 Å². The average Bonchev–Trinajstić information content (AvgIpc) is 2.62. The van der Waals surface area contributed by atoms with Gasteiger partial charge < -0.3 is 19.9 Å². The largest absolute Gasteiger partial charge is 0.492 e. The second-order valence-electron chi connectivity index (χ2n) is 6.84. The van der Waals surface area contributed by atoms with Crippen LogP contribution >= 0.6 is 11.6 Å². The summed E-state index contributed by atoms with van der Waals surface area (Å²) < 4.78 is 16.3. The number of halogens is 1. The van der Waals surface area contributed by atoms with Crippen molar-refractivity contribution in [1.82, 2.24) is 0 Å². The number of carbonyl (C=O) groups is 1. The van der Waals surface area contributed by atoms with Crippen molar-refractivity contribution >= 4 is 17.6 Å². The topological polar surface area (TPSA) is 94.6 Å². The lowest BCUT2D eigenvalue weighted by atomic mass is 9.83. The quantitative estimate of drug-likeness (QED) is 0.676. The van der Waals surface area contributed by atoms with Crippen LogP contribution in [0.5, 0.6) is 5.75 Å². The van der Waals surface area contributed by atoms with Crippen LogP contribution in [0.15, 0.2) is 41.0 Å². The summed E-state index contributed by atoms with van der Waals surface area (Å²) in [5.41, 5.74) is 6.90. The zero-order valence-corrected chi connectivity index (χ0v) is 17.3. The van der Waals surface area contributed by atoms with E-state index in [9.17, 15) is 10.1 Å². The fourth-order valence-corrected chi connectivity index (χ4v) is 3.15. The molecule has 150 valence electrons. The summed E-state index contributed by atoms with van der Waals surface area (Å²) in [6.45, 7) is 8.31. The third kappa shape index (κ3) is 4.79. The van der Waals surface area contributed by atoms with E-state index in [0.717, 1.165) is 6.42 Å². The predicted octanol–water partition coefficient (Wildman–Crippen LogP) is 4.41. The SMILES string of the molecule is CCOC(=O)C1=C(C)OC(N)=C(C#N)C1c1ccc(OCCC(C)C)c(Cl)c1. The summed E-state index contributed by atoms with van der Waals surface area (Å²) in [6.07, 6.45) is 0.908. The third-order valence-corrected chi connectivity index (χ3v) is 4.64. The van der Waals surface area contributed by atoms with Gasteiger partial charge >= 0.3 is 5.97 Å². The van der Waals surface area contributed by atoms with Crippen LogP contribution in [0.2, 0.25) is 5.02 Å². The summed E-state index contributed by atoms with van der Waals surface area (Å²) >= 11 is 6.40. The molecule has 0 fully saturated rings. The van der Waals surface area contributed by atoms with Crippen LogP contribution in [0.1, 0.15) is 45.6 Å². The van der Waals surface area contributed by atoms with Crippen molar-refractivity contribution in [2.24, 2.45) is 11.7 Å². The van der Waals surface area contributed by atoms with E-state index in [2.05, 4.69) is 13.8 Å². The number of rotatable bonds is 7. The molecule has 0 radical (unpaired) electrons. The molecular weight excluding hydrogens is 380 g/mol. The molecule has 2 rings (SSSR count). The Morgan fingerprint density at radius 2 is 2.14 bits per heavy atom. The molecule has 1 aliphatic rings. The highest BCUT2D eigenvalue weighted by atomic mass is 35.5. The molecule has 0 aromatic heterocycles. The smallest absolute Gasteiger partial charge is 0.338 e. The van der Waals surface area contributed by atoms with Crippen molar-refractivity contribution in [3.8, 4) is 11.8 Å². The molecule has 28 heavy (non-hydrogen) atoms. The van der Waals surface area contributed by atoms with E-state index in [1.54, 1.807) is 32.0 Å². The predicted molar refractivity (Wildman–Crippen MR) is 106 cm³/mol. The van der Waals surface area contributed by atoms with E-state index in [4.69, 9.17) is 31.5 Å². The van der Waals surface area contributed by atoms with Crippen molar-refractivity contribution in [2.75, 3.05) is 13.2 Å².